The van der Waals surface area contributed by atoms with Crippen molar-refractivity contribution >= 4 is 11.8 Å². The molecule has 0 aromatic heterocycles. The highest BCUT2D eigenvalue weighted by atomic mass is 16.4. The molecule has 0 rings (SSSR count). The number of carbonyl (C=O) groups excluding carboxylic acids is 1. The topological polar surface area (TPSA) is 54.4 Å². The zero-order valence-electron chi connectivity index (χ0n) is 10.8. The normalized spacial score (nSPS) is 26.8. The third kappa shape index (κ3) is 1.73. The Morgan fingerprint density at radius 3 is 2.38 bits per heavy atom. The second-order valence-electron chi connectivity index (χ2n) is 1.01. The van der Waals surface area contributed by atoms with Crippen LogP contribution in [-0.4, -0.2) is 16.9 Å². The summed E-state index contributed by atoms with van der Waals surface area (Å²) in [4.78, 5) is 21.2. The Kier molecular flexibility index (Phi) is 0.477. The first kappa shape index (κ1) is 1.56. The van der Waals surface area contributed by atoms with E-state index in [0.717, 1.165) is 0 Å². The molecule has 0 radical (unpaired) electrons. The highest BCUT2D eigenvalue weighted by molar-refractivity contribution is 6.33. The van der Waals surface area contributed by atoms with Crippen molar-refractivity contribution in [2.75, 3.05) is 0 Å². The van der Waals surface area contributed by atoms with Crippen LogP contribution in [0.3, 0.4) is 0 Å². The van der Waals surface area contributed by atoms with E-state index in [-0.39, 0.29) is 0 Å². The Hall–Kier alpha value is -0.860. The number of ketones is 1. The van der Waals surface area contributed by atoms with Crippen LogP contribution in [0.2, 0.25) is 0 Å². The van der Waals surface area contributed by atoms with Crippen LogP contribution in [0.5, 0.6) is 0 Å². The average Bonchev–Trinajstić information content (AvgIpc) is 1.96. The fraction of sp³-hybridized carbons (Fsp3) is 0.600. The maximum Gasteiger partial charge on any atom is 0.372 e. The number of Topliss-reactive ketones (excluding diaryl/α,β-unsaturated/α-hetero) is 1. The number of hydrogen-bond acceptors (Lipinski definition) is 2. The van der Waals surface area contributed by atoms with Crippen molar-refractivity contribution < 1.29 is 24.3 Å². The summed E-state index contributed by atoms with van der Waals surface area (Å²) in [5.74, 6) is -8.05. The Balaban J connectivity index is 5.64. The molecule has 0 saturated carbocycles. The zero-order chi connectivity index (χ0) is 12.7. The van der Waals surface area contributed by atoms with Gasteiger partial charge in [-0.3, -0.25) is 4.79 Å². The molecule has 0 aliphatic rings. The fourth-order valence-corrected chi connectivity index (χ4v) is 0.107. The van der Waals surface area contributed by atoms with Gasteiger partial charge < -0.3 is 5.11 Å². The van der Waals surface area contributed by atoms with E-state index in [4.69, 9.17) is 14.7 Å². The minimum absolute atomic E-state index is 2.16. The number of carboxylic acids is 1. The number of carbonyl (C=O) groups is 2. The first-order valence-electron chi connectivity index (χ1n) is 5.13. The smallest absolute Gasteiger partial charge is 0.372 e. The monoisotopic (exact) mass is 123 g/mol. The molecule has 1 N–H and O–H groups in total. The molecule has 0 aromatic rings. The summed E-state index contributed by atoms with van der Waals surface area (Å²) in [6.07, 6.45) is 0. The van der Waals surface area contributed by atoms with Crippen molar-refractivity contribution in [2.45, 2.75) is 13.7 Å². The van der Waals surface area contributed by atoms with Crippen molar-refractivity contribution in [3.8, 4) is 0 Å². The lowest BCUT2D eigenvalue weighted by Gasteiger charge is -1.93. The van der Waals surface area contributed by atoms with E-state index in [9.17, 15) is 9.59 Å². The summed E-state index contributed by atoms with van der Waals surface area (Å²) >= 11 is 0. The lowest BCUT2D eigenvalue weighted by molar-refractivity contribution is -0.150. The van der Waals surface area contributed by atoms with Crippen LogP contribution in [0.15, 0.2) is 0 Å². The maximum absolute atomic E-state index is 11.0. The van der Waals surface area contributed by atoms with E-state index in [2.05, 4.69) is 0 Å². The first-order valence-corrected chi connectivity index (χ1v) is 1.63. The zero-order valence-corrected chi connectivity index (χ0v) is 3.76. The van der Waals surface area contributed by atoms with E-state index in [1.807, 2.05) is 0 Å². The van der Waals surface area contributed by atoms with Gasteiger partial charge in [0.15, 0.2) is 0 Å². The second-order valence-corrected chi connectivity index (χ2v) is 1.01. The van der Waals surface area contributed by atoms with Gasteiger partial charge in [0.25, 0.3) is 0 Å². The number of carboxylic acid groups (broad SMARTS) is 1. The molecular weight excluding hydrogens is 108 g/mol. The molecule has 0 heterocycles. The van der Waals surface area contributed by atoms with Gasteiger partial charge in [0.05, 0.1) is 0 Å². The minimum Gasteiger partial charge on any atom is -0.475 e. The van der Waals surface area contributed by atoms with Crippen LogP contribution < -0.4 is 0 Å². The van der Waals surface area contributed by atoms with Crippen LogP contribution in [0.1, 0.15) is 23.3 Å². The van der Waals surface area contributed by atoms with Crippen molar-refractivity contribution in [3.05, 3.63) is 0 Å². The van der Waals surface area contributed by atoms with Gasteiger partial charge >= 0.3 is 5.97 Å². The minimum atomic E-state index is -3.63. The Morgan fingerprint density at radius 1 is 1.75 bits per heavy atom. The van der Waals surface area contributed by atoms with Gasteiger partial charge in [0, 0.05) is 15.5 Å². The van der Waals surface area contributed by atoms with Crippen LogP contribution >= 0.6 is 0 Å². The summed E-state index contributed by atoms with van der Waals surface area (Å²) in [7, 11) is 0. The van der Waals surface area contributed by atoms with Crippen LogP contribution in [0.25, 0.3) is 0 Å². The van der Waals surface area contributed by atoms with Gasteiger partial charge in [-0.2, -0.15) is 0 Å². The summed E-state index contributed by atoms with van der Waals surface area (Å²) in [5, 5.41) is 8.27. The lowest BCUT2D eigenvalue weighted by atomic mass is 10.1. The van der Waals surface area contributed by atoms with Gasteiger partial charge in [0.2, 0.25) is 5.78 Å². The molecule has 0 aliphatic heterocycles. The predicted molar refractivity (Wildman–Crippen MR) is 27.5 cm³/mol. The lowest BCUT2D eigenvalue weighted by Crippen LogP contribution is -2.18. The summed E-state index contributed by atoms with van der Waals surface area (Å²) < 4.78 is 47.7. The first-order chi connectivity index (χ1) is 6.35. The molecule has 0 saturated heterocycles. The third-order valence-electron chi connectivity index (χ3n) is 0.421. The van der Waals surface area contributed by atoms with Crippen LogP contribution in [0.4, 0.5) is 0 Å². The molecule has 0 amide bonds. The molecule has 8 heavy (non-hydrogen) atoms. The molecular formula is C5H8O3. The van der Waals surface area contributed by atoms with Crippen LogP contribution in [0, 0.1) is 5.89 Å². The molecule has 3 nitrogen and oxygen atoms in total. The number of hydrogen-bond donors (Lipinski definition) is 1. The van der Waals surface area contributed by atoms with E-state index < -0.39 is 31.4 Å². The highest BCUT2D eigenvalue weighted by Gasteiger charge is 2.14. The van der Waals surface area contributed by atoms with Gasteiger partial charge in [0.1, 0.15) is 0 Å². The van der Waals surface area contributed by atoms with Crippen molar-refractivity contribution in [1.82, 2.24) is 0 Å². The standard InChI is InChI=1S/C5H8O3/c1-3(2)4(6)5(7)8/h3H,1-2H3,(H,7,8)/i1D3,2D3,3D. The predicted octanol–water partition coefficient (Wildman–Crippen LogP) is 0.296. The van der Waals surface area contributed by atoms with Gasteiger partial charge in [-0.05, 0) is 0 Å². The van der Waals surface area contributed by atoms with Crippen LogP contribution in [-0.2, 0) is 9.59 Å². The molecule has 0 aromatic carbocycles. The molecule has 0 atom stereocenters. The van der Waals surface area contributed by atoms with E-state index >= 15 is 0 Å². The van der Waals surface area contributed by atoms with Crippen molar-refractivity contribution in [1.29, 1.82) is 0 Å². The molecule has 3 heteroatoms. The molecule has 0 bridgehead atoms. The van der Waals surface area contributed by atoms with Gasteiger partial charge in [-0.1, -0.05) is 13.7 Å². The number of aliphatic carboxylic acids is 1. The Labute approximate surface area is 57.2 Å². The molecule has 0 fully saturated rings. The maximum atomic E-state index is 11.0. The summed E-state index contributed by atoms with van der Waals surface area (Å²) in [6.45, 7) is -7.07. The third-order valence-corrected chi connectivity index (χ3v) is 0.421. The van der Waals surface area contributed by atoms with E-state index in [1.165, 1.54) is 0 Å². The Bertz CT molecular complexity index is 274. The van der Waals surface area contributed by atoms with E-state index in [0.29, 0.717) is 0 Å². The van der Waals surface area contributed by atoms with Crippen molar-refractivity contribution in [3.63, 3.8) is 0 Å². The highest BCUT2D eigenvalue weighted by Crippen LogP contribution is 1.92. The number of rotatable bonds is 2. The molecule has 0 spiro atoms. The SMILES string of the molecule is [2H]C([2H])([2H])C([2H])(C(=O)C(=O)O)C([2H])([2H])[2H]. The van der Waals surface area contributed by atoms with Crippen molar-refractivity contribution in [2.24, 2.45) is 5.89 Å². The average molecular weight is 123 g/mol. The van der Waals surface area contributed by atoms with E-state index in [1.54, 1.807) is 0 Å². The molecule has 0 aliphatic carbocycles. The molecule has 46 valence electrons. The van der Waals surface area contributed by atoms with Gasteiger partial charge in [-0.15, -0.1) is 0 Å². The Morgan fingerprint density at radius 2 is 2.25 bits per heavy atom. The second kappa shape index (κ2) is 2.45. The quantitative estimate of drug-likeness (QED) is 0.537. The van der Waals surface area contributed by atoms with Gasteiger partial charge in [-0.25, -0.2) is 4.79 Å². The summed E-state index contributed by atoms with van der Waals surface area (Å²) in [6, 6.07) is 0. The largest absolute Gasteiger partial charge is 0.475 e. The summed E-state index contributed by atoms with van der Waals surface area (Å²) in [5.41, 5.74) is 0. The molecule has 0 unspecified atom stereocenters. The fourth-order valence-electron chi connectivity index (χ4n) is 0.107.